The maximum atomic E-state index is 13.1. The van der Waals surface area contributed by atoms with E-state index in [2.05, 4.69) is 25.9 Å². The third kappa shape index (κ3) is 3.18. The molecule has 1 amide bonds. The molecule has 1 heterocycles. The van der Waals surface area contributed by atoms with Crippen molar-refractivity contribution in [3.63, 3.8) is 0 Å². The maximum absolute atomic E-state index is 13.1. The zero-order chi connectivity index (χ0) is 18.4. The molecular formula is C19H29N3O3. The molecule has 0 radical (unpaired) electrons. The lowest BCUT2D eigenvalue weighted by molar-refractivity contribution is -0.151. The van der Waals surface area contributed by atoms with Crippen LogP contribution in [0.5, 0.6) is 0 Å². The van der Waals surface area contributed by atoms with E-state index >= 15 is 0 Å². The molecule has 6 nitrogen and oxygen atoms in total. The first kappa shape index (κ1) is 18.0. The van der Waals surface area contributed by atoms with Gasteiger partial charge in [0.2, 0.25) is 0 Å². The van der Waals surface area contributed by atoms with Crippen LogP contribution in [0.4, 0.5) is 0 Å². The fourth-order valence-electron chi connectivity index (χ4n) is 3.90. The number of carbonyl (C=O) groups is 2. The second-order valence-electron chi connectivity index (χ2n) is 8.57. The van der Waals surface area contributed by atoms with Gasteiger partial charge in [0.25, 0.3) is 5.91 Å². The largest absolute Gasteiger partial charge is 0.479 e. The molecular weight excluding hydrogens is 318 g/mol. The van der Waals surface area contributed by atoms with Crippen molar-refractivity contribution < 1.29 is 14.7 Å². The summed E-state index contributed by atoms with van der Waals surface area (Å²) in [5, 5.41) is 14.4. The van der Waals surface area contributed by atoms with Gasteiger partial charge in [-0.25, -0.2) is 4.79 Å². The summed E-state index contributed by atoms with van der Waals surface area (Å²) < 4.78 is 1.94. The Hall–Kier alpha value is -1.85. The minimum Gasteiger partial charge on any atom is -0.479 e. The van der Waals surface area contributed by atoms with E-state index in [-0.39, 0.29) is 11.4 Å². The molecule has 138 valence electrons. The predicted octanol–water partition coefficient (Wildman–Crippen LogP) is 3.38. The Morgan fingerprint density at radius 3 is 2.32 bits per heavy atom. The number of hydrogen-bond donors (Lipinski definition) is 1. The molecule has 0 spiro atoms. The lowest BCUT2D eigenvalue weighted by atomic mass is 9.80. The summed E-state index contributed by atoms with van der Waals surface area (Å²) >= 11 is 0. The number of aliphatic carboxylic acids is 1. The Morgan fingerprint density at radius 1 is 1.24 bits per heavy atom. The molecule has 1 aromatic heterocycles. The lowest BCUT2D eigenvalue weighted by Gasteiger charge is -2.40. The van der Waals surface area contributed by atoms with Crippen LogP contribution in [0, 0.1) is 0 Å². The van der Waals surface area contributed by atoms with Crippen molar-refractivity contribution in [2.24, 2.45) is 0 Å². The van der Waals surface area contributed by atoms with Crippen molar-refractivity contribution in [2.45, 2.75) is 82.7 Å². The first-order valence-electron chi connectivity index (χ1n) is 9.29. The van der Waals surface area contributed by atoms with Crippen LogP contribution in [-0.4, -0.2) is 44.3 Å². The fraction of sp³-hybridized carbons (Fsp3) is 0.737. The van der Waals surface area contributed by atoms with E-state index < -0.39 is 11.5 Å². The minimum atomic E-state index is -1.10. The minimum absolute atomic E-state index is 0.204. The van der Waals surface area contributed by atoms with Crippen LogP contribution in [0.1, 0.15) is 87.8 Å². The molecule has 3 rings (SSSR count). The first-order valence-corrected chi connectivity index (χ1v) is 9.29. The van der Waals surface area contributed by atoms with Crippen LogP contribution >= 0.6 is 0 Å². The first-order chi connectivity index (χ1) is 11.7. The van der Waals surface area contributed by atoms with Crippen LogP contribution in [0.3, 0.4) is 0 Å². The zero-order valence-corrected chi connectivity index (χ0v) is 15.7. The second-order valence-corrected chi connectivity index (χ2v) is 8.57. The Labute approximate surface area is 149 Å². The summed E-state index contributed by atoms with van der Waals surface area (Å²) in [6, 6.07) is 1.88. The molecule has 25 heavy (non-hydrogen) atoms. The van der Waals surface area contributed by atoms with Crippen molar-refractivity contribution in [3.05, 3.63) is 17.5 Å². The molecule has 2 fully saturated rings. The molecule has 0 aromatic carbocycles. The highest BCUT2D eigenvalue weighted by atomic mass is 16.4. The van der Waals surface area contributed by atoms with Crippen molar-refractivity contribution in [2.75, 3.05) is 7.05 Å². The van der Waals surface area contributed by atoms with Crippen LogP contribution in [-0.2, 0) is 10.3 Å². The number of carboxylic acid groups (broad SMARTS) is 1. The maximum Gasteiger partial charge on any atom is 0.329 e. The molecule has 1 aromatic rings. The smallest absolute Gasteiger partial charge is 0.329 e. The third-order valence-electron chi connectivity index (χ3n) is 5.61. The van der Waals surface area contributed by atoms with Gasteiger partial charge in [-0.3, -0.25) is 9.48 Å². The molecule has 2 aliphatic carbocycles. The van der Waals surface area contributed by atoms with Gasteiger partial charge in [0.1, 0.15) is 5.54 Å². The SMILES string of the molecule is CN(C(=O)c1cc(C2CC2)n(C(C)(C)C)n1)C1(C(=O)O)CCCCC1. The summed E-state index contributed by atoms with van der Waals surface area (Å²) in [5.41, 5.74) is 0.160. The van der Waals surface area contributed by atoms with Crippen LogP contribution in [0.2, 0.25) is 0 Å². The summed E-state index contributed by atoms with van der Waals surface area (Å²) in [6.07, 6.45) is 6.00. The van der Waals surface area contributed by atoms with Gasteiger partial charge in [0.15, 0.2) is 5.69 Å². The number of nitrogens with zero attached hydrogens (tertiary/aromatic N) is 3. The van der Waals surface area contributed by atoms with Gasteiger partial charge < -0.3 is 10.0 Å². The second kappa shape index (κ2) is 6.15. The van der Waals surface area contributed by atoms with Crippen molar-refractivity contribution in [1.82, 2.24) is 14.7 Å². The highest BCUT2D eigenvalue weighted by Gasteiger charge is 2.46. The molecule has 1 N–H and O–H groups in total. The Morgan fingerprint density at radius 2 is 1.84 bits per heavy atom. The van der Waals surface area contributed by atoms with Crippen molar-refractivity contribution >= 4 is 11.9 Å². The Bertz CT molecular complexity index is 677. The fourth-order valence-corrected chi connectivity index (χ4v) is 3.90. The summed E-state index contributed by atoms with van der Waals surface area (Å²) in [4.78, 5) is 26.5. The van der Waals surface area contributed by atoms with E-state index in [1.54, 1.807) is 7.05 Å². The van der Waals surface area contributed by atoms with Crippen LogP contribution in [0.15, 0.2) is 6.07 Å². The van der Waals surface area contributed by atoms with Gasteiger partial charge in [-0.1, -0.05) is 19.3 Å². The number of carboxylic acids is 1. The quantitative estimate of drug-likeness (QED) is 0.906. The molecule has 0 unspecified atom stereocenters. The average Bonchev–Trinajstić information content (AvgIpc) is 3.31. The molecule has 0 aliphatic heterocycles. The highest BCUT2D eigenvalue weighted by molar-refractivity contribution is 5.96. The van der Waals surface area contributed by atoms with Gasteiger partial charge in [-0.2, -0.15) is 5.10 Å². The summed E-state index contributed by atoms with van der Waals surface area (Å²) in [7, 11) is 1.62. The number of hydrogen-bond acceptors (Lipinski definition) is 3. The molecule has 2 saturated carbocycles. The van der Waals surface area contributed by atoms with E-state index in [1.807, 2.05) is 10.7 Å². The Balaban J connectivity index is 1.93. The predicted molar refractivity (Wildman–Crippen MR) is 94.7 cm³/mol. The standard InChI is InChI=1S/C19H29N3O3/c1-18(2,3)22-15(13-8-9-13)12-14(20-22)16(23)21(4)19(17(24)25)10-6-5-7-11-19/h12-13H,5-11H2,1-4H3,(H,24,25). The monoisotopic (exact) mass is 347 g/mol. The number of carbonyl (C=O) groups excluding carboxylic acids is 1. The van der Waals surface area contributed by atoms with Gasteiger partial charge in [-0.05, 0) is 52.5 Å². The van der Waals surface area contributed by atoms with Gasteiger partial charge in [0, 0.05) is 18.7 Å². The third-order valence-corrected chi connectivity index (χ3v) is 5.61. The number of aromatic nitrogens is 2. The topological polar surface area (TPSA) is 75.4 Å². The van der Waals surface area contributed by atoms with E-state index in [4.69, 9.17) is 0 Å². The normalized spacial score (nSPS) is 20.3. The summed E-state index contributed by atoms with van der Waals surface area (Å²) in [6.45, 7) is 6.22. The van der Waals surface area contributed by atoms with E-state index in [9.17, 15) is 14.7 Å². The molecule has 0 bridgehead atoms. The van der Waals surface area contributed by atoms with Gasteiger partial charge in [-0.15, -0.1) is 0 Å². The van der Waals surface area contributed by atoms with Crippen molar-refractivity contribution in [1.29, 1.82) is 0 Å². The average molecular weight is 347 g/mol. The number of amides is 1. The van der Waals surface area contributed by atoms with Crippen LogP contribution < -0.4 is 0 Å². The molecule has 0 saturated heterocycles. The van der Waals surface area contributed by atoms with Gasteiger partial charge in [0.05, 0.1) is 5.54 Å². The van der Waals surface area contributed by atoms with E-state index in [1.165, 1.54) is 4.90 Å². The van der Waals surface area contributed by atoms with E-state index in [0.29, 0.717) is 24.5 Å². The van der Waals surface area contributed by atoms with E-state index in [0.717, 1.165) is 37.8 Å². The number of rotatable bonds is 4. The highest BCUT2D eigenvalue weighted by Crippen LogP contribution is 2.42. The molecule has 2 aliphatic rings. The van der Waals surface area contributed by atoms with Gasteiger partial charge >= 0.3 is 5.97 Å². The van der Waals surface area contributed by atoms with Crippen LogP contribution in [0.25, 0.3) is 0 Å². The lowest BCUT2D eigenvalue weighted by Crippen LogP contribution is -2.56. The van der Waals surface area contributed by atoms with Crippen molar-refractivity contribution in [3.8, 4) is 0 Å². The molecule has 0 atom stereocenters. The molecule has 6 heteroatoms. The summed E-state index contributed by atoms with van der Waals surface area (Å²) in [5.74, 6) is -0.711. The zero-order valence-electron chi connectivity index (χ0n) is 15.7. The Kier molecular flexibility index (Phi) is 4.41. The number of likely N-dealkylation sites (N-methyl/N-ethyl adjacent to an activating group) is 1.